The Morgan fingerprint density at radius 2 is 2.37 bits per heavy atom. The normalized spacial score (nSPS) is 29.2. The minimum atomic E-state index is -0.226. The third-order valence-electron chi connectivity index (χ3n) is 3.95. The molecule has 2 fully saturated rings. The van der Waals surface area contributed by atoms with Crippen molar-refractivity contribution in [3.8, 4) is 0 Å². The van der Waals surface area contributed by atoms with Crippen molar-refractivity contribution in [3.63, 3.8) is 0 Å². The van der Waals surface area contributed by atoms with E-state index in [9.17, 15) is 9.59 Å². The highest BCUT2D eigenvalue weighted by atomic mass is 16.5. The lowest BCUT2D eigenvalue weighted by molar-refractivity contribution is -0.137. The van der Waals surface area contributed by atoms with E-state index in [-0.39, 0.29) is 18.0 Å². The summed E-state index contributed by atoms with van der Waals surface area (Å²) in [6, 6.07) is -0.00118. The van der Waals surface area contributed by atoms with Crippen molar-refractivity contribution in [2.24, 2.45) is 0 Å². The lowest BCUT2D eigenvalue weighted by Crippen LogP contribution is -2.58. The molecule has 19 heavy (non-hydrogen) atoms. The zero-order chi connectivity index (χ0) is 13.7. The smallest absolute Gasteiger partial charge is 0.239 e. The van der Waals surface area contributed by atoms with Crippen molar-refractivity contribution in [2.45, 2.75) is 51.1 Å². The first-order valence-electron chi connectivity index (χ1n) is 7.35. The molecule has 2 atom stereocenters. The highest BCUT2D eigenvalue weighted by molar-refractivity contribution is 5.82. The van der Waals surface area contributed by atoms with Crippen LogP contribution in [0.15, 0.2) is 0 Å². The van der Waals surface area contributed by atoms with Crippen molar-refractivity contribution < 1.29 is 14.3 Å². The van der Waals surface area contributed by atoms with Crippen LogP contribution in [-0.2, 0) is 14.3 Å². The average molecular weight is 268 g/mol. The van der Waals surface area contributed by atoms with E-state index < -0.39 is 0 Å². The minimum Gasteiger partial charge on any atom is -0.378 e. The van der Waals surface area contributed by atoms with Crippen LogP contribution in [0.3, 0.4) is 0 Å². The molecule has 0 aromatic carbocycles. The van der Waals surface area contributed by atoms with Crippen LogP contribution in [0.1, 0.15) is 39.0 Å². The van der Waals surface area contributed by atoms with Gasteiger partial charge in [-0.15, -0.1) is 0 Å². The van der Waals surface area contributed by atoms with Gasteiger partial charge in [0.2, 0.25) is 5.91 Å². The Morgan fingerprint density at radius 1 is 1.53 bits per heavy atom. The van der Waals surface area contributed by atoms with Crippen molar-refractivity contribution in [2.75, 3.05) is 26.3 Å². The first-order chi connectivity index (χ1) is 9.22. The van der Waals surface area contributed by atoms with E-state index in [1.165, 1.54) is 0 Å². The van der Waals surface area contributed by atoms with Crippen LogP contribution in [0.25, 0.3) is 0 Å². The Bertz CT molecular complexity index is 333. The molecule has 1 saturated heterocycles. The molecule has 0 radical (unpaired) electrons. The van der Waals surface area contributed by atoms with Crippen LogP contribution in [-0.4, -0.2) is 55.0 Å². The second kappa shape index (κ2) is 7.01. The van der Waals surface area contributed by atoms with Gasteiger partial charge in [0.1, 0.15) is 11.8 Å². The molecule has 1 saturated carbocycles. The number of Topliss-reactive ketones (excluding diaryl/α,β-unsaturated/α-hetero) is 1. The second-order valence-electron chi connectivity index (χ2n) is 5.41. The molecule has 2 unspecified atom stereocenters. The molecule has 0 bridgehead atoms. The Hall–Kier alpha value is -0.940. The fraction of sp³-hybridized carbons (Fsp3) is 0.857. The molecule has 1 N–H and O–H groups in total. The van der Waals surface area contributed by atoms with Crippen molar-refractivity contribution in [1.82, 2.24) is 10.2 Å². The molecule has 0 aromatic heterocycles. The Morgan fingerprint density at radius 3 is 3.11 bits per heavy atom. The maximum atomic E-state index is 12.2. The number of carbonyl (C=O) groups is 2. The number of morpholine rings is 1. The van der Waals surface area contributed by atoms with Crippen LogP contribution in [0.4, 0.5) is 0 Å². The van der Waals surface area contributed by atoms with Gasteiger partial charge in [-0.05, 0) is 19.3 Å². The summed E-state index contributed by atoms with van der Waals surface area (Å²) in [5, 5.41) is 2.94. The lowest BCUT2D eigenvalue weighted by Gasteiger charge is -2.41. The van der Waals surface area contributed by atoms with Crippen LogP contribution in [0, 0.1) is 0 Å². The molecule has 1 aliphatic carbocycles. The fourth-order valence-electron chi connectivity index (χ4n) is 2.93. The molecule has 0 aromatic rings. The number of ketones is 1. The number of amides is 1. The molecular weight excluding hydrogens is 244 g/mol. The van der Waals surface area contributed by atoms with Crippen molar-refractivity contribution >= 4 is 11.7 Å². The summed E-state index contributed by atoms with van der Waals surface area (Å²) < 4.78 is 5.44. The molecule has 2 rings (SSSR count). The van der Waals surface area contributed by atoms with Gasteiger partial charge in [-0.2, -0.15) is 0 Å². The minimum absolute atomic E-state index is 0.0413. The maximum absolute atomic E-state index is 12.2. The second-order valence-corrected chi connectivity index (χ2v) is 5.41. The average Bonchev–Trinajstić information content (AvgIpc) is 2.45. The molecule has 1 aliphatic heterocycles. The van der Waals surface area contributed by atoms with Gasteiger partial charge >= 0.3 is 0 Å². The first-order valence-corrected chi connectivity index (χ1v) is 7.35. The molecule has 1 amide bonds. The molecule has 5 heteroatoms. The van der Waals surface area contributed by atoms with Crippen LogP contribution in [0.5, 0.6) is 0 Å². The lowest BCUT2D eigenvalue weighted by atomic mass is 9.91. The van der Waals surface area contributed by atoms with E-state index in [0.29, 0.717) is 38.4 Å². The fourth-order valence-corrected chi connectivity index (χ4v) is 2.93. The number of rotatable bonds is 4. The summed E-state index contributed by atoms with van der Waals surface area (Å²) in [7, 11) is 0. The number of hydrogen-bond acceptors (Lipinski definition) is 4. The van der Waals surface area contributed by atoms with Gasteiger partial charge in [0, 0.05) is 32.0 Å². The van der Waals surface area contributed by atoms with Gasteiger partial charge in [-0.25, -0.2) is 0 Å². The van der Waals surface area contributed by atoms with Crippen LogP contribution < -0.4 is 5.32 Å². The predicted octanol–water partition coefficient (Wildman–Crippen LogP) is 0.725. The number of nitrogens with zero attached hydrogens (tertiary/aromatic N) is 1. The predicted molar refractivity (Wildman–Crippen MR) is 71.9 cm³/mol. The highest BCUT2D eigenvalue weighted by Gasteiger charge is 2.35. The summed E-state index contributed by atoms with van der Waals surface area (Å²) in [6.45, 7) is 4.59. The Balaban J connectivity index is 1.98. The molecular formula is C14H24N2O3. The number of nitrogens with one attached hydrogen (secondary N) is 1. The van der Waals surface area contributed by atoms with Gasteiger partial charge in [-0.1, -0.05) is 6.92 Å². The summed E-state index contributed by atoms with van der Waals surface area (Å²) in [6.07, 6.45) is 4.19. The molecule has 1 heterocycles. The molecule has 5 nitrogen and oxygen atoms in total. The van der Waals surface area contributed by atoms with E-state index in [1.807, 2.05) is 6.92 Å². The zero-order valence-corrected chi connectivity index (χ0v) is 11.7. The number of carbonyl (C=O) groups excluding carboxylic acids is 2. The molecule has 2 aliphatic rings. The summed E-state index contributed by atoms with van der Waals surface area (Å²) in [4.78, 5) is 26.0. The maximum Gasteiger partial charge on any atom is 0.239 e. The van der Waals surface area contributed by atoms with Crippen LogP contribution in [0.2, 0.25) is 0 Å². The third-order valence-corrected chi connectivity index (χ3v) is 3.95. The highest BCUT2D eigenvalue weighted by Crippen LogP contribution is 2.23. The summed E-state index contributed by atoms with van der Waals surface area (Å²) >= 11 is 0. The van der Waals surface area contributed by atoms with E-state index in [1.54, 1.807) is 0 Å². The quantitative estimate of drug-likeness (QED) is 0.816. The molecule has 0 spiro atoms. The van der Waals surface area contributed by atoms with Gasteiger partial charge in [0.25, 0.3) is 0 Å². The first kappa shape index (κ1) is 14.5. The standard InChI is InChI=1S/C14H24N2O3/c1-2-6-15-14(18)13-10-19-8-7-16(13)11-4-3-5-12(17)9-11/h11,13H,2-10H2,1H3,(H,15,18). The van der Waals surface area contributed by atoms with Gasteiger partial charge in [0.05, 0.1) is 13.2 Å². The SMILES string of the molecule is CCCNC(=O)C1COCCN1C1CCCC(=O)C1. The van der Waals surface area contributed by atoms with Gasteiger partial charge < -0.3 is 10.1 Å². The molecule has 108 valence electrons. The topological polar surface area (TPSA) is 58.6 Å². The van der Waals surface area contributed by atoms with Crippen LogP contribution >= 0.6 is 0 Å². The van der Waals surface area contributed by atoms with E-state index in [2.05, 4.69) is 10.2 Å². The Labute approximate surface area is 114 Å². The third kappa shape index (κ3) is 3.76. The number of hydrogen-bond donors (Lipinski definition) is 1. The zero-order valence-electron chi connectivity index (χ0n) is 11.7. The largest absolute Gasteiger partial charge is 0.378 e. The van der Waals surface area contributed by atoms with E-state index in [4.69, 9.17) is 4.74 Å². The summed E-state index contributed by atoms with van der Waals surface area (Å²) in [5.41, 5.74) is 0. The van der Waals surface area contributed by atoms with Crippen molar-refractivity contribution in [1.29, 1.82) is 0 Å². The Kier molecular flexibility index (Phi) is 5.34. The van der Waals surface area contributed by atoms with Crippen molar-refractivity contribution in [3.05, 3.63) is 0 Å². The van der Waals surface area contributed by atoms with E-state index in [0.717, 1.165) is 25.8 Å². The van der Waals surface area contributed by atoms with E-state index >= 15 is 0 Å². The number of ether oxygens (including phenoxy) is 1. The van der Waals surface area contributed by atoms with Gasteiger partial charge in [-0.3, -0.25) is 14.5 Å². The monoisotopic (exact) mass is 268 g/mol. The van der Waals surface area contributed by atoms with Gasteiger partial charge in [0.15, 0.2) is 0 Å². The summed E-state index contributed by atoms with van der Waals surface area (Å²) in [5.74, 6) is 0.370.